The summed E-state index contributed by atoms with van der Waals surface area (Å²) in [7, 11) is 0. The molecule has 3 aromatic heterocycles. The lowest BCUT2D eigenvalue weighted by molar-refractivity contribution is 0.0999. The third-order valence-corrected chi connectivity index (χ3v) is 7.01. The van der Waals surface area contributed by atoms with E-state index in [1.165, 1.54) is 5.56 Å². The number of para-hydroxylation sites is 1. The van der Waals surface area contributed by atoms with E-state index in [9.17, 15) is 4.79 Å². The third-order valence-electron chi connectivity index (χ3n) is 5.07. The number of rotatable bonds is 3. The molecule has 148 valence electrons. The lowest BCUT2D eigenvalue weighted by atomic mass is 10.1. The zero-order chi connectivity index (χ0) is 20.7. The smallest absolute Gasteiger partial charge is 0.280 e. The highest BCUT2D eigenvalue weighted by molar-refractivity contribution is 7.16. The molecule has 0 spiro atoms. The van der Waals surface area contributed by atoms with Gasteiger partial charge in [-0.1, -0.05) is 41.7 Å². The van der Waals surface area contributed by atoms with Crippen LogP contribution in [0.25, 0.3) is 31.7 Å². The van der Waals surface area contributed by atoms with Gasteiger partial charge in [-0.25, -0.2) is 4.98 Å². The van der Waals surface area contributed by atoms with E-state index in [0.29, 0.717) is 5.56 Å². The van der Waals surface area contributed by atoms with Crippen molar-refractivity contribution in [2.75, 3.05) is 0 Å². The van der Waals surface area contributed by atoms with Crippen LogP contribution in [-0.2, 0) is 6.54 Å². The highest BCUT2D eigenvalue weighted by Gasteiger charge is 2.15. The molecule has 5 aromatic rings. The first-order valence-electron chi connectivity index (χ1n) is 9.77. The predicted molar refractivity (Wildman–Crippen MR) is 125 cm³/mol. The van der Waals surface area contributed by atoms with E-state index in [0.717, 1.165) is 43.0 Å². The fraction of sp³-hybridized carbons (Fsp3) is 0.125. The van der Waals surface area contributed by atoms with Crippen LogP contribution in [0.5, 0.6) is 0 Å². The summed E-state index contributed by atoms with van der Waals surface area (Å²) >= 11 is 3.17. The van der Waals surface area contributed by atoms with Gasteiger partial charge in [-0.3, -0.25) is 4.79 Å². The number of benzene rings is 2. The zero-order valence-electron chi connectivity index (χ0n) is 16.6. The second-order valence-electron chi connectivity index (χ2n) is 7.07. The molecular formula is C24H19N3OS2. The van der Waals surface area contributed by atoms with Crippen molar-refractivity contribution in [2.45, 2.75) is 20.4 Å². The lowest BCUT2D eigenvalue weighted by Gasteiger charge is -2.06. The molecule has 1 amide bonds. The van der Waals surface area contributed by atoms with Crippen molar-refractivity contribution in [1.29, 1.82) is 0 Å². The minimum atomic E-state index is -0.239. The number of aryl methyl sites for hydroxylation is 2. The van der Waals surface area contributed by atoms with E-state index in [1.807, 2.05) is 47.8 Å². The van der Waals surface area contributed by atoms with Crippen molar-refractivity contribution in [2.24, 2.45) is 4.99 Å². The van der Waals surface area contributed by atoms with Crippen LogP contribution in [-0.4, -0.2) is 15.5 Å². The summed E-state index contributed by atoms with van der Waals surface area (Å²) in [6.07, 6.45) is 0. The minimum absolute atomic E-state index is 0.239. The summed E-state index contributed by atoms with van der Waals surface area (Å²) in [5.74, 6) is -0.239. The fourth-order valence-electron chi connectivity index (χ4n) is 3.62. The summed E-state index contributed by atoms with van der Waals surface area (Å²) < 4.78 is 3.24. The SMILES string of the molecule is CCn1c(=NC(=O)c2cc(-c3cccs3)nc3ccccc23)sc2cc(C)ccc21. The van der Waals surface area contributed by atoms with Crippen LogP contribution in [0.4, 0.5) is 0 Å². The van der Waals surface area contributed by atoms with Crippen LogP contribution in [0.3, 0.4) is 0 Å². The van der Waals surface area contributed by atoms with E-state index in [4.69, 9.17) is 4.98 Å². The molecule has 6 heteroatoms. The second-order valence-corrected chi connectivity index (χ2v) is 9.02. The van der Waals surface area contributed by atoms with Crippen molar-refractivity contribution < 1.29 is 4.79 Å². The molecule has 0 saturated heterocycles. The Hall–Kier alpha value is -3.09. The van der Waals surface area contributed by atoms with Crippen molar-refractivity contribution in [3.63, 3.8) is 0 Å². The van der Waals surface area contributed by atoms with Gasteiger partial charge in [0.1, 0.15) is 0 Å². The Morgan fingerprint density at radius 1 is 1.10 bits per heavy atom. The van der Waals surface area contributed by atoms with Crippen LogP contribution in [0.1, 0.15) is 22.8 Å². The summed E-state index contributed by atoms with van der Waals surface area (Å²) in [5.41, 5.74) is 4.50. The Bertz CT molecular complexity index is 1460. The number of hydrogen-bond donors (Lipinski definition) is 0. The summed E-state index contributed by atoms with van der Waals surface area (Å²) in [6, 6.07) is 20.0. The van der Waals surface area contributed by atoms with Crippen molar-refractivity contribution in [3.8, 4) is 10.6 Å². The molecule has 0 aliphatic heterocycles. The van der Waals surface area contributed by atoms with Gasteiger partial charge in [-0.15, -0.1) is 11.3 Å². The average molecular weight is 430 g/mol. The van der Waals surface area contributed by atoms with Crippen molar-refractivity contribution >= 4 is 49.7 Å². The van der Waals surface area contributed by atoms with E-state index in [1.54, 1.807) is 22.7 Å². The molecule has 0 atom stereocenters. The first kappa shape index (κ1) is 18.9. The molecule has 0 radical (unpaired) electrons. The Kier molecular flexibility index (Phi) is 4.81. The van der Waals surface area contributed by atoms with Gasteiger partial charge in [0.15, 0.2) is 4.80 Å². The molecule has 0 unspecified atom stereocenters. The fourth-order valence-corrected chi connectivity index (χ4v) is 5.50. The van der Waals surface area contributed by atoms with Crippen LogP contribution >= 0.6 is 22.7 Å². The van der Waals surface area contributed by atoms with Gasteiger partial charge < -0.3 is 4.57 Å². The molecule has 4 nitrogen and oxygen atoms in total. The first-order valence-corrected chi connectivity index (χ1v) is 11.5. The van der Waals surface area contributed by atoms with Crippen LogP contribution in [0.2, 0.25) is 0 Å². The van der Waals surface area contributed by atoms with Crippen molar-refractivity contribution in [3.05, 3.63) is 82.0 Å². The number of nitrogens with zero attached hydrogens (tertiary/aromatic N) is 3. The van der Waals surface area contributed by atoms with Gasteiger partial charge in [0.05, 0.1) is 31.9 Å². The number of aromatic nitrogens is 2. The highest BCUT2D eigenvalue weighted by Crippen LogP contribution is 2.28. The van der Waals surface area contributed by atoms with E-state index in [-0.39, 0.29) is 5.91 Å². The maximum Gasteiger partial charge on any atom is 0.280 e. The molecule has 0 fully saturated rings. The van der Waals surface area contributed by atoms with Gasteiger partial charge in [0.2, 0.25) is 0 Å². The standard InChI is InChI=1S/C24H19N3OS2/c1-3-27-20-11-10-15(2)13-22(20)30-24(27)26-23(28)17-14-19(21-9-6-12-29-21)25-18-8-5-4-7-16(17)18/h4-14H,3H2,1-2H3. The molecule has 0 aliphatic rings. The number of hydrogen-bond acceptors (Lipinski definition) is 4. The number of carbonyl (C=O) groups excluding carboxylic acids is 1. The Morgan fingerprint density at radius 2 is 1.97 bits per heavy atom. The molecule has 5 rings (SSSR count). The van der Waals surface area contributed by atoms with Crippen LogP contribution in [0.15, 0.2) is 71.0 Å². The maximum atomic E-state index is 13.4. The van der Waals surface area contributed by atoms with Crippen LogP contribution < -0.4 is 4.80 Å². The van der Waals surface area contributed by atoms with E-state index < -0.39 is 0 Å². The van der Waals surface area contributed by atoms with Gasteiger partial charge >= 0.3 is 0 Å². The Morgan fingerprint density at radius 3 is 2.77 bits per heavy atom. The normalized spacial score (nSPS) is 12.1. The molecule has 30 heavy (non-hydrogen) atoms. The van der Waals surface area contributed by atoms with Gasteiger partial charge in [-0.05, 0) is 55.1 Å². The number of amides is 1. The Balaban J connectivity index is 1.71. The molecule has 2 aromatic carbocycles. The summed E-state index contributed by atoms with van der Waals surface area (Å²) in [5, 5.41) is 2.84. The number of thiazole rings is 1. The number of carbonyl (C=O) groups is 1. The van der Waals surface area contributed by atoms with Gasteiger partial charge in [-0.2, -0.15) is 4.99 Å². The average Bonchev–Trinajstić information content (AvgIpc) is 3.40. The molecule has 0 aliphatic carbocycles. The van der Waals surface area contributed by atoms with E-state index >= 15 is 0 Å². The molecule has 0 bridgehead atoms. The third kappa shape index (κ3) is 3.28. The van der Waals surface area contributed by atoms with Gasteiger partial charge in [0.25, 0.3) is 5.91 Å². The Labute approximate surface area is 181 Å². The first-order chi connectivity index (χ1) is 14.6. The minimum Gasteiger partial charge on any atom is -0.317 e. The van der Waals surface area contributed by atoms with Crippen molar-refractivity contribution in [1.82, 2.24) is 9.55 Å². The quantitative estimate of drug-likeness (QED) is 0.350. The number of fused-ring (bicyclic) bond motifs is 2. The lowest BCUT2D eigenvalue weighted by Crippen LogP contribution is -2.16. The molecule has 0 N–H and O–H groups in total. The summed E-state index contributed by atoms with van der Waals surface area (Å²) in [6.45, 7) is 4.91. The second kappa shape index (κ2) is 7.63. The van der Waals surface area contributed by atoms with E-state index in [2.05, 4.69) is 41.6 Å². The zero-order valence-corrected chi connectivity index (χ0v) is 18.3. The molecule has 3 heterocycles. The van der Waals surface area contributed by atoms with Gasteiger partial charge in [0, 0.05) is 11.9 Å². The summed E-state index contributed by atoms with van der Waals surface area (Å²) in [4.78, 5) is 24.4. The number of pyridine rings is 1. The highest BCUT2D eigenvalue weighted by atomic mass is 32.1. The molecule has 0 saturated carbocycles. The predicted octanol–water partition coefficient (Wildman–Crippen LogP) is 6.05. The van der Waals surface area contributed by atoms with Crippen LogP contribution in [0, 0.1) is 6.92 Å². The number of thiophene rings is 1. The molecular weight excluding hydrogens is 410 g/mol. The monoisotopic (exact) mass is 429 g/mol. The maximum absolute atomic E-state index is 13.4. The topological polar surface area (TPSA) is 47.2 Å². The largest absolute Gasteiger partial charge is 0.317 e.